The summed E-state index contributed by atoms with van der Waals surface area (Å²) >= 11 is 0. The number of rotatable bonds is 5. The van der Waals surface area contributed by atoms with E-state index in [1.54, 1.807) is 0 Å². The number of nitrogens with one attached hydrogen (secondary N) is 1. The van der Waals surface area contributed by atoms with Gasteiger partial charge in [-0.2, -0.15) is 27.1 Å². The minimum absolute atomic E-state index is 0.0316. The Bertz CT molecular complexity index is 1500. The first-order valence-corrected chi connectivity index (χ1v) is 10.9. The maximum absolute atomic E-state index is 13.6. The molecule has 2 unspecified atom stereocenters. The molecule has 37 heavy (non-hydrogen) atoms. The number of carbonyl (C=O) groups is 1. The van der Waals surface area contributed by atoms with Gasteiger partial charge in [0.05, 0.1) is 17.3 Å². The quantitative estimate of drug-likeness (QED) is 0.110. The Morgan fingerprint density at radius 1 is 1.30 bits per heavy atom. The summed E-state index contributed by atoms with van der Waals surface area (Å²) in [5.41, 5.74) is -0.724. The van der Waals surface area contributed by atoms with Crippen molar-refractivity contribution in [2.24, 2.45) is 16.8 Å². The summed E-state index contributed by atoms with van der Waals surface area (Å²) in [5, 5.41) is 7.64. The van der Waals surface area contributed by atoms with Gasteiger partial charge >= 0.3 is 12.1 Å². The summed E-state index contributed by atoms with van der Waals surface area (Å²) < 4.78 is 66.8. The molecule has 12 nitrogen and oxygen atoms in total. The molecule has 1 fully saturated rings. The molecule has 0 saturated carbocycles. The normalized spacial score (nSPS) is 22.4. The Hall–Kier alpha value is -4.15. The van der Waals surface area contributed by atoms with Crippen molar-refractivity contribution in [3.63, 3.8) is 0 Å². The Labute approximate surface area is 204 Å². The summed E-state index contributed by atoms with van der Waals surface area (Å²) in [6.07, 6.45) is -3.57. The summed E-state index contributed by atoms with van der Waals surface area (Å²) in [6.45, 7) is 0.467. The van der Waals surface area contributed by atoms with Gasteiger partial charge < -0.3 is 20.5 Å². The van der Waals surface area contributed by atoms with Crippen LogP contribution in [0.3, 0.4) is 0 Å². The molecule has 3 aromatic rings. The number of amides is 1. The zero-order valence-corrected chi connectivity index (χ0v) is 19.0. The molecule has 2 atom stereocenters. The van der Waals surface area contributed by atoms with Gasteiger partial charge in [-0.15, -0.1) is 0 Å². The fourth-order valence-electron chi connectivity index (χ4n) is 5.13. The van der Waals surface area contributed by atoms with Crippen LogP contribution in [0, 0.1) is 0 Å². The van der Waals surface area contributed by atoms with Crippen LogP contribution < -0.4 is 21.9 Å². The first-order chi connectivity index (χ1) is 17.4. The lowest BCUT2D eigenvalue weighted by Gasteiger charge is -2.28. The van der Waals surface area contributed by atoms with E-state index in [0.29, 0.717) is 17.9 Å². The van der Waals surface area contributed by atoms with E-state index in [1.807, 2.05) is 4.90 Å². The zero-order valence-electron chi connectivity index (χ0n) is 19.0. The number of nitrogens with zero attached hydrogens (tertiary/aromatic N) is 8. The van der Waals surface area contributed by atoms with E-state index in [-0.39, 0.29) is 40.6 Å². The lowest BCUT2D eigenvalue weighted by Crippen LogP contribution is -2.55. The van der Waals surface area contributed by atoms with Crippen LogP contribution in [-0.2, 0) is 16.6 Å². The molecule has 3 aromatic heterocycles. The third-order valence-electron chi connectivity index (χ3n) is 6.83. The molecular formula is C20H18F5N11O. The topological polar surface area (TPSA) is 156 Å². The molecular weight excluding hydrogens is 505 g/mol. The van der Waals surface area contributed by atoms with Crippen LogP contribution in [0.25, 0.3) is 17.2 Å². The van der Waals surface area contributed by atoms with E-state index in [1.165, 1.54) is 30.0 Å². The molecule has 6 rings (SSSR count). The number of aryl methyl sites for hydroxylation is 1. The number of likely N-dealkylation sites (N-methyl/N-ethyl adjacent to an activating group) is 1. The maximum atomic E-state index is 13.6. The SMILES string of the molecule is CN(N)/C(=N\N)C12C(=O)Nc3nc(-c4cn5ccnc5c(CCC(F)(F)C(F)(F)F)n4)nc(c31)N1CC12. The van der Waals surface area contributed by atoms with Crippen LogP contribution in [0.2, 0.25) is 0 Å². The second-order valence-corrected chi connectivity index (χ2v) is 9.02. The number of alkyl halides is 5. The van der Waals surface area contributed by atoms with Crippen LogP contribution in [0.1, 0.15) is 17.7 Å². The molecule has 3 aliphatic rings. The van der Waals surface area contributed by atoms with Crippen LogP contribution in [0.15, 0.2) is 23.7 Å². The molecule has 17 heteroatoms. The lowest BCUT2D eigenvalue weighted by molar-refractivity contribution is -0.284. The summed E-state index contributed by atoms with van der Waals surface area (Å²) in [5.74, 6) is 6.93. The fourth-order valence-corrected chi connectivity index (χ4v) is 5.13. The van der Waals surface area contributed by atoms with Crippen molar-refractivity contribution in [2.45, 2.75) is 36.4 Å². The second-order valence-electron chi connectivity index (χ2n) is 9.02. The molecule has 0 aliphatic carbocycles. The van der Waals surface area contributed by atoms with Crippen molar-refractivity contribution < 1.29 is 26.7 Å². The number of nitrogens with two attached hydrogens (primary N) is 2. The van der Waals surface area contributed by atoms with Gasteiger partial charge in [0.25, 0.3) is 0 Å². The third-order valence-corrected chi connectivity index (χ3v) is 6.83. The Morgan fingerprint density at radius 2 is 2.05 bits per heavy atom. The van der Waals surface area contributed by atoms with Crippen molar-refractivity contribution in [1.82, 2.24) is 29.3 Å². The predicted octanol–water partition coefficient (Wildman–Crippen LogP) is 0.786. The van der Waals surface area contributed by atoms with E-state index >= 15 is 0 Å². The number of aromatic nitrogens is 5. The highest BCUT2D eigenvalue weighted by Crippen LogP contribution is 2.58. The predicted molar refractivity (Wildman–Crippen MR) is 118 cm³/mol. The minimum atomic E-state index is -5.69. The molecule has 0 bridgehead atoms. The molecule has 0 radical (unpaired) electrons. The number of imidazole rings is 1. The van der Waals surface area contributed by atoms with Crippen LogP contribution in [0.4, 0.5) is 33.6 Å². The van der Waals surface area contributed by atoms with Gasteiger partial charge in [0.2, 0.25) is 5.91 Å². The number of hydrogen-bond acceptors (Lipinski definition) is 9. The van der Waals surface area contributed by atoms with Crippen molar-refractivity contribution in [3.8, 4) is 11.5 Å². The molecule has 194 valence electrons. The van der Waals surface area contributed by atoms with E-state index in [9.17, 15) is 26.7 Å². The van der Waals surface area contributed by atoms with Crippen molar-refractivity contribution in [3.05, 3.63) is 29.8 Å². The standard InChI is InChI=1S/C20H18F5N11O/c1-34(27)16(33-26)19-10-7-36(10)15-11(19)13(32-17(19)37)30-12(31-15)9-6-35-5-4-28-14(35)8(29-9)2-3-18(21,22)20(23,24)25/h4-6,10H,2-3,7,26-27H2,1H3,(H,30,31,32,37)/b33-16-. The number of hydrazine groups is 1. The first kappa shape index (κ1) is 23.3. The zero-order chi connectivity index (χ0) is 26.5. The van der Waals surface area contributed by atoms with Crippen molar-refractivity contribution >= 4 is 29.0 Å². The number of hydrazone groups is 1. The monoisotopic (exact) mass is 523 g/mol. The van der Waals surface area contributed by atoms with Gasteiger partial charge in [-0.25, -0.2) is 25.8 Å². The highest BCUT2D eigenvalue weighted by atomic mass is 19.4. The third kappa shape index (κ3) is 3.03. The van der Waals surface area contributed by atoms with Gasteiger partial charge in [-0.3, -0.25) is 9.80 Å². The number of fused-ring (bicyclic) bond motifs is 4. The molecule has 5 N–H and O–H groups in total. The van der Waals surface area contributed by atoms with Crippen LogP contribution in [0.5, 0.6) is 0 Å². The Kier molecular flexibility index (Phi) is 4.53. The van der Waals surface area contributed by atoms with E-state index in [4.69, 9.17) is 11.7 Å². The number of hydrogen-bond donors (Lipinski definition) is 3. The lowest BCUT2D eigenvalue weighted by atomic mass is 9.78. The van der Waals surface area contributed by atoms with Crippen LogP contribution in [-0.4, -0.2) is 72.8 Å². The second kappa shape index (κ2) is 7.21. The molecule has 6 heterocycles. The molecule has 0 aromatic carbocycles. The van der Waals surface area contributed by atoms with E-state index < -0.39 is 36.3 Å². The summed E-state index contributed by atoms with van der Waals surface area (Å²) in [4.78, 5) is 32.4. The molecule has 0 spiro atoms. The summed E-state index contributed by atoms with van der Waals surface area (Å²) in [7, 11) is 1.50. The maximum Gasteiger partial charge on any atom is 0.453 e. The first-order valence-electron chi connectivity index (χ1n) is 10.9. The average Bonchev–Trinajstić information content (AvgIpc) is 3.23. The highest BCUT2D eigenvalue weighted by molar-refractivity contribution is 6.26. The fraction of sp³-hybridized carbons (Fsp3) is 0.400. The Balaban J connectivity index is 1.44. The highest BCUT2D eigenvalue weighted by Gasteiger charge is 2.72. The minimum Gasteiger partial charge on any atom is -0.347 e. The molecule has 1 amide bonds. The smallest absolute Gasteiger partial charge is 0.347 e. The van der Waals surface area contributed by atoms with Crippen molar-refractivity contribution in [2.75, 3.05) is 23.8 Å². The van der Waals surface area contributed by atoms with Gasteiger partial charge in [-0.1, -0.05) is 0 Å². The van der Waals surface area contributed by atoms with Gasteiger partial charge in [0.15, 0.2) is 22.7 Å². The van der Waals surface area contributed by atoms with E-state index in [0.717, 1.165) is 5.01 Å². The molecule has 3 aliphatic heterocycles. The number of anilines is 2. The van der Waals surface area contributed by atoms with Gasteiger partial charge in [0.1, 0.15) is 17.3 Å². The average molecular weight is 523 g/mol. The van der Waals surface area contributed by atoms with Gasteiger partial charge in [-0.05, 0) is 6.42 Å². The van der Waals surface area contributed by atoms with Crippen molar-refractivity contribution in [1.29, 1.82) is 0 Å². The van der Waals surface area contributed by atoms with E-state index in [2.05, 4.69) is 30.4 Å². The molecule has 1 saturated heterocycles. The summed E-state index contributed by atoms with van der Waals surface area (Å²) in [6, 6.07) is -0.342. The number of amidine groups is 1. The number of carbonyl (C=O) groups excluding carboxylic acids is 1. The number of halogens is 5. The largest absolute Gasteiger partial charge is 0.453 e. The van der Waals surface area contributed by atoms with Gasteiger partial charge in [0, 0.05) is 38.6 Å². The van der Waals surface area contributed by atoms with Crippen LogP contribution >= 0.6 is 0 Å². The Morgan fingerprint density at radius 3 is 2.73 bits per heavy atom.